The fraction of sp³-hybridized carbons (Fsp3) is 0.375. The van der Waals surface area contributed by atoms with Crippen LogP contribution in [0.25, 0.3) is 0 Å². The minimum absolute atomic E-state index is 0.116. The second-order valence-electron chi connectivity index (χ2n) is 2.45. The first kappa shape index (κ1) is 12.0. The van der Waals surface area contributed by atoms with Crippen LogP contribution >= 0.6 is 15.9 Å². The third-order valence-electron chi connectivity index (χ3n) is 1.33. The van der Waals surface area contributed by atoms with E-state index in [1.54, 1.807) is 13.8 Å². The number of nitro groups is 1. The summed E-state index contributed by atoms with van der Waals surface area (Å²) in [7, 11) is 0. The predicted octanol–water partition coefficient (Wildman–Crippen LogP) is 2.54. The van der Waals surface area contributed by atoms with E-state index < -0.39 is 4.92 Å². The molecule has 72 valence electrons. The van der Waals surface area contributed by atoms with Crippen LogP contribution in [0, 0.1) is 10.1 Å². The summed E-state index contributed by atoms with van der Waals surface area (Å²) < 4.78 is 0. The first-order valence-electron chi connectivity index (χ1n) is 3.60. The molecule has 0 aromatic rings. The number of aliphatic imine (C=N–C) groups is 1. The Morgan fingerprint density at radius 2 is 2.23 bits per heavy atom. The summed E-state index contributed by atoms with van der Waals surface area (Å²) in [6, 6.07) is 0. The van der Waals surface area contributed by atoms with Crippen molar-refractivity contribution in [1.82, 2.24) is 0 Å². The van der Waals surface area contributed by atoms with Crippen molar-refractivity contribution in [3.8, 4) is 0 Å². The molecule has 13 heavy (non-hydrogen) atoms. The van der Waals surface area contributed by atoms with E-state index in [0.29, 0.717) is 16.6 Å². The summed E-state index contributed by atoms with van der Waals surface area (Å²) in [5, 5.41) is 11.0. The summed E-state index contributed by atoms with van der Waals surface area (Å²) in [5.74, 6) is -0.116. The second kappa shape index (κ2) is 5.64. The molecule has 0 bridgehead atoms. The summed E-state index contributed by atoms with van der Waals surface area (Å²) >= 11 is 3.14. The molecule has 0 fully saturated rings. The van der Waals surface area contributed by atoms with Crippen LogP contribution in [-0.2, 0) is 0 Å². The van der Waals surface area contributed by atoms with Gasteiger partial charge in [-0.25, -0.2) is 0 Å². The van der Waals surface area contributed by atoms with Crippen LogP contribution < -0.4 is 0 Å². The zero-order valence-electron chi connectivity index (χ0n) is 7.58. The van der Waals surface area contributed by atoms with Crippen molar-refractivity contribution in [2.75, 3.05) is 5.33 Å². The lowest BCUT2D eigenvalue weighted by Gasteiger charge is -1.96. The van der Waals surface area contributed by atoms with E-state index in [9.17, 15) is 10.1 Å². The van der Waals surface area contributed by atoms with Gasteiger partial charge in [-0.3, -0.25) is 0 Å². The molecule has 0 aromatic heterocycles. The summed E-state index contributed by atoms with van der Waals surface area (Å²) in [6.07, 6.45) is 1.48. The van der Waals surface area contributed by atoms with Gasteiger partial charge in [-0.05, 0) is 22.9 Å². The highest BCUT2D eigenvalue weighted by molar-refractivity contribution is 9.09. The highest BCUT2D eigenvalue weighted by Crippen LogP contribution is 2.09. The monoisotopic (exact) mass is 246 g/mol. The van der Waals surface area contributed by atoms with Crippen molar-refractivity contribution >= 4 is 21.6 Å². The molecule has 0 atom stereocenters. The van der Waals surface area contributed by atoms with E-state index in [0.717, 1.165) is 0 Å². The molecule has 0 saturated carbocycles. The first-order chi connectivity index (χ1) is 6.02. The van der Waals surface area contributed by atoms with Gasteiger partial charge >= 0.3 is 5.82 Å². The summed E-state index contributed by atoms with van der Waals surface area (Å²) in [4.78, 5) is 13.9. The Hall–Kier alpha value is -0.970. The van der Waals surface area contributed by atoms with E-state index in [4.69, 9.17) is 0 Å². The fourth-order valence-corrected chi connectivity index (χ4v) is 0.815. The van der Waals surface area contributed by atoms with Gasteiger partial charge in [-0.2, -0.15) is 0 Å². The molecular formula is C8H11BrN2O2. The molecule has 0 unspecified atom stereocenters. The quantitative estimate of drug-likeness (QED) is 0.331. The molecule has 0 aliphatic carbocycles. The van der Waals surface area contributed by atoms with Crippen LogP contribution in [0.15, 0.2) is 29.0 Å². The zero-order valence-corrected chi connectivity index (χ0v) is 9.17. The van der Waals surface area contributed by atoms with Gasteiger partial charge in [0.25, 0.3) is 0 Å². The highest BCUT2D eigenvalue weighted by Gasteiger charge is 2.12. The summed E-state index contributed by atoms with van der Waals surface area (Å²) in [5.41, 5.74) is 1.12. The number of halogens is 1. The normalized spacial score (nSPS) is 13.6. The number of nitrogens with zero attached hydrogens (tertiary/aromatic N) is 2. The van der Waals surface area contributed by atoms with Gasteiger partial charge in [-0.15, -0.1) is 0 Å². The molecule has 0 radical (unpaired) electrons. The van der Waals surface area contributed by atoms with Crippen LogP contribution in [0.4, 0.5) is 0 Å². The van der Waals surface area contributed by atoms with E-state index in [-0.39, 0.29) is 5.82 Å². The third kappa shape index (κ3) is 3.98. The average molecular weight is 247 g/mol. The molecule has 0 aliphatic heterocycles. The molecule has 0 rings (SSSR count). The summed E-state index contributed by atoms with van der Waals surface area (Å²) in [6.45, 7) is 6.79. The minimum Gasteiger partial charge on any atom is -0.358 e. The predicted molar refractivity (Wildman–Crippen MR) is 56.8 cm³/mol. The van der Waals surface area contributed by atoms with E-state index in [1.807, 2.05) is 0 Å². The van der Waals surface area contributed by atoms with Crippen LogP contribution in [0.2, 0.25) is 0 Å². The Bertz CT molecular complexity index is 282. The lowest BCUT2D eigenvalue weighted by atomic mass is 10.3. The third-order valence-corrected chi connectivity index (χ3v) is 2.17. The van der Waals surface area contributed by atoms with Crippen LogP contribution in [0.3, 0.4) is 0 Å². The number of alkyl halides is 1. The van der Waals surface area contributed by atoms with Gasteiger partial charge in [0, 0.05) is 17.8 Å². The van der Waals surface area contributed by atoms with Gasteiger partial charge in [0.1, 0.15) is 5.71 Å². The zero-order chi connectivity index (χ0) is 10.4. The highest BCUT2D eigenvalue weighted by atomic mass is 79.9. The Labute approximate surface area is 85.3 Å². The van der Waals surface area contributed by atoms with E-state index >= 15 is 0 Å². The Morgan fingerprint density at radius 3 is 2.54 bits per heavy atom. The second-order valence-corrected chi connectivity index (χ2v) is 3.01. The van der Waals surface area contributed by atoms with Crippen molar-refractivity contribution in [2.24, 2.45) is 4.99 Å². The Morgan fingerprint density at radius 1 is 1.69 bits per heavy atom. The smallest absolute Gasteiger partial charge is 0.358 e. The molecule has 0 spiro atoms. The number of rotatable bonds is 4. The lowest BCUT2D eigenvalue weighted by molar-refractivity contribution is -0.427. The molecule has 0 N–H and O–H groups in total. The number of hydrogen-bond acceptors (Lipinski definition) is 3. The molecule has 0 amide bonds. The van der Waals surface area contributed by atoms with Gasteiger partial charge in [0.2, 0.25) is 0 Å². The SMILES string of the molecule is C=CC(C)=N/C(=C(\C)CBr)[N+](=O)[O-]. The average Bonchev–Trinajstić information content (AvgIpc) is 2.11. The molecule has 4 nitrogen and oxygen atoms in total. The molecular weight excluding hydrogens is 236 g/mol. The molecule has 5 heteroatoms. The van der Waals surface area contributed by atoms with Gasteiger partial charge in [0.05, 0.1) is 0 Å². The van der Waals surface area contributed by atoms with Crippen molar-refractivity contribution in [2.45, 2.75) is 13.8 Å². The molecule has 0 aromatic carbocycles. The maximum atomic E-state index is 10.5. The standard InChI is InChI=1S/C8H11BrN2O2/c1-4-7(3)10-8(11(12)13)6(2)5-9/h4H,1,5H2,2-3H3/b8-6-,10-7?. The maximum absolute atomic E-state index is 10.5. The van der Waals surface area contributed by atoms with Crippen molar-refractivity contribution in [3.63, 3.8) is 0 Å². The first-order valence-corrected chi connectivity index (χ1v) is 4.73. The maximum Gasteiger partial charge on any atom is 0.363 e. The Balaban J connectivity index is 5.06. The molecule has 0 saturated heterocycles. The number of hydrogen-bond donors (Lipinski definition) is 0. The van der Waals surface area contributed by atoms with E-state index in [2.05, 4.69) is 27.5 Å². The number of allylic oxidation sites excluding steroid dienone is 2. The lowest BCUT2D eigenvalue weighted by Crippen LogP contribution is -2.02. The molecule has 0 heterocycles. The van der Waals surface area contributed by atoms with Crippen LogP contribution in [0.1, 0.15) is 13.8 Å². The van der Waals surface area contributed by atoms with Gasteiger partial charge < -0.3 is 10.1 Å². The van der Waals surface area contributed by atoms with Crippen LogP contribution in [0.5, 0.6) is 0 Å². The van der Waals surface area contributed by atoms with Gasteiger partial charge in [0.15, 0.2) is 0 Å². The molecule has 0 aliphatic rings. The topological polar surface area (TPSA) is 55.5 Å². The minimum atomic E-state index is -0.496. The fourth-order valence-electron chi connectivity index (χ4n) is 0.565. The largest absolute Gasteiger partial charge is 0.363 e. The van der Waals surface area contributed by atoms with Crippen molar-refractivity contribution in [1.29, 1.82) is 0 Å². The Kier molecular flexibility index (Phi) is 5.22. The van der Waals surface area contributed by atoms with Crippen molar-refractivity contribution < 1.29 is 4.92 Å². The van der Waals surface area contributed by atoms with Gasteiger partial charge in [-0.1, -0.05) is 22.5 Å². The van der Waals surface area contributed by atoms with Crippen molar-refractivity contribution in [3.05, 3.63) is 34.2 Å². The van der Waals surface area contributed by atoms with Crippen LogP contribution in [-0.4, -0.2) is 16.0 Å². The van der Waals surface area contributed by atoms with E-state index in [1.165, 1.54) is 6.08 Å².